The van der Waals surface area contributed by atoms with Gasteiger partial charge < -0.3 is 15.0 Å². The molecule has 1 heterocycles. The molecular formula is C31H39N3O2. The second-order valence-corrected chi connectivity index (χ2v) is 10.2. The molecule has 0 radical (unpaired) electrons. The fraction of sp³-hybridized carbons (Fsp3) is 0.355. The van der Waals surface area contributed by atoms with Gasteiger partial charge in [0.15, 0.2) is 0 Å². The van der Waals surface area contributed by atoms with Crippen LogP contribution in [0, 0.1) is 5.41 Å². The summed E-state index contributed by atoms with van der Waals surface area (Å²) >= 11 is 0. The number of amides is 1. The van der Waals surface area contributed by atoms with Gasteiger partial charge in [-0.2, -0.15) is 0 Å². The summed E-state index contributed by atoms with van der Waals surface area (Å²) in [5.74, 6) is 0.142. The van der Waals surface area contributed by atoms with Crippen LogP contribution in [0.2, 0.25) is 0 Å². The van der Waals surface area contributed by atoms with Gasteiger partial charge in [-0.05, 0) is 79.9 Å². The van der Waals surface area contributed by atoms with Crippen LogP contribution in [-0.2, 0) is 11.2 Å². The number of phenols is 1. The van der Waals surface area contributed by atoms with Gasteiger partial charge in [-0.1, -0.05) is 61.9 Å². The van der Waals surface area contributed by atoms with Crippen LogP contribution in [0.15, 0.2) is 102 Å². The number of aromatic nitrogens is 2. The van der Waals surface area contributed by atoms with E-state index in [1.165, 1.54) is 11.1 Å². The molecule has 0 saturated heterocycles. The SMILES string of the molecule is CC1=C(/C=C/C(C)=C/C=C/C(C)=C\C(=O)NCCc2ccc(O)cc2)C(C)(C)CCC1n1ccnc1. The predicted molar refractivity (Wildman–Crippen MR) is 148 cm³/mol. The van der Waals surface area contributed by atoms with E-state index in [0.29, 0.717) is 12.6 Å². The summed E-state index contributed by atoms with van der Waals surface area (Å²) in [6.45, 7) is 11.5. The number of nitrogens with zero attached hydrogens (tertiary/aromatic N) is 2. The number of allylic oxidation sites excluding steroid dienone is 9. The Bertz CT molecular complexity index is 1180. The van der Waals surface area contributed by atoms with Crippen LogP contribution >= 0.6 is 0 Å². The lowest BCUT2D eigenvalue weighted by atomic mass is 9.71. The van der Waals surface area contributed by atoms with Crippen LogP contribution in [0.4, 0.5) is 0 Å². The molecule has 5 heteroatoms. The zero-order valence-electron chi connectivity index (χ0n) is 22.2. The third-order valence-electron chi connectivity index (χ3n) is 6.82. The minimum absolute atomic E-state index is 0.106. The van der Waals surface area contributed by atoms with Crippen molar-refractivity contribution in [2.75, 3.05) is 6.54 Å². The van der Waals surface area contributed by atoms with Crippen LogP contribution in [0.3, 0.4) is 0 Å². The van der Waals surface area contributed by atoms with Crippen LogP contribution in [0.25, 0.3) is 0 Å². The first-order valence-electron chi connectivity index (χ1n) is 12.6. The molecule has 1 amide bonds. The van der Waals surface area contributed by atoms with Gasteiger partial charge in [0.1, 0.15) is 5.75 Å². The van der Waals surface area contributed by atoms with Gasteiger partial charge in [0.05, 0.1) is 12.4 Å². The first-order valence-corrected chi connectivity index (χ1v) is 12.6. The smallest absolute Gasteiger partial charge is 0.244 e. The summed E-state index contributed by atoms with van der Waals surface area (Å²) in [5.41, 5.74) is 6.05. The highest BCUT2D eigenvalue weighted by Gasteiger charge is 2.32. The summed E-state index contributed by atoms with van der Waals surface area (Å²) < 4.78 is 2.21. The first-order chi connectivity index (χ1) is 17.2. The molecule has 1 aliphatic carbocycles. The third kappa shape index (κ3) is 7.70. The summed E-state index contributed by atoms with van der Waals surface area (Å²) in [5, 5.41) is 12.2. The maximum Gasteiger partial charge on any atom is 0.244 e. The number of phenolic OH excluding ortho intramolecular Hbond substituents is 1. The normalized spacial score (nSPS) is 18.9. The third-order valence-corrected chi connectivity index (χ3v) is 6.82. The Balaban J connectivity index is 1.56. The molecule has 36 heavy (non-hydrogen) atoms. The molecule has 1 aliphatic rings. The average molecular weight is 486 g/mol. The van der Waals surface area contributed by atoms with E-state index < -0.39 is 0 Å². The lowest BCUT2D eigenvalue weighted by Crippen LogP contribution is -2.25. The molecule has 1 aromatic heterocycles. The minimum atomic E-state index is -0.106. The molecule has 0 fully saturated rings. The van der Waals surface area contributed by atoms with E-state index in [9.17, 15) is 9.90 Å². The highest BCUT2D eigenvalue weighted by molar-refractivity contribution is 5.88. The molecule has 2 aromatic rings. The van der Waals surface area contributed by atoms with Gasteiger partial charge in [0.25, 0.3) is 0 Å². The Labute approximate surface area is 215 Å². The molecule has 0 aliphatic heterocycles. The number of aromatic hydroxyl groups is 1. The number of carbonyl (C=O) groups is 1. The van der Waals surface area contributed by atoms with Crippen molar-refractivity contribution in [1.82, 2.24) is 14.9 Å². The number of benzene rings is 1. The predicted octanol–water partition coefficient (Wildman–Crippen LogP) is 6.63. The van der Waals surface area contributed by atoms with Crippen LogP contribution in [-0.4, -0.2) is 27.1 Å². The summed E-state index contributed by atoms with van der Waals surface area (Å²) in [4.78, 5) is 16.4. The Morgan fingerprint density at radius 2 is 1.94 bits per heavy atom. The van der Waals surface area contributed by atoms with Crippen molar-refractivity contribution in [2.45, 2.75) is 59.9 Å². The van der Waals surface area contributed by atoms with Crippen LogP contribution < -0.4 is 5.32 Å². The fourth-order valence-corrected chi connectivity index (χ4v) is 4.67. The van der Waals surface area contributed by atoms with Gasteiger partial charge in [-0.15, -0.1) is 0 Å². The lowest BCUT2D eigenvalue weighted by Gasteiger charge is -2.37. The van der Waals surface area contributed by atoms with Gasteiger partial charge in [0, 0.05) is 25.0 Å². The van der Waals surface area contributed by atoms with E-state index in [2.05, 4.69) is 67.0 Å². The van der Waals surface area contributed by atoms with Crippen molar-refractivity contribution >= 4 is 5.91 Å². The van der Waals surface area contributed by atoms with Crippen molar-refractivity contribution in [1.29, 1.82) is 0 Å². The number of nitrogens with one attached hydrogen (secondary N) is 1. The standard InChI is InChI=1S/C31H39N3O2/c1-23(9-14-28-25(3)29(15-17-31(28,4)5)34-20-19-32-22-34)7-6-8-24(2)21-30(36)33-18-16-26-10-12-27(35)13-11-26/h6-14,19-22,29,35H,15-18H2,1-5H3,(H,33,36)/b8-6+,14-9+,23-7+,24-21-. The van der Waals surface area contributed by atoms with Gasteiger partial charge in [0.2, 0.25) is 5.91 Å². The summed E-state index contributed by atoms with van der Waals surface area (Å²) in [6, 6.07) is 7.40. The monoisotopic (exact) mass is 485 g/mol. The van der Waals surface area contributed by atoms with E-state index in [4.69, 9.17) is 0 Å². The number of hydrogen-bond donors (Lipinski definition) is 2. The highest BCUT2D eigenvalue weighted by Crippen LogP contribution is 2.45. The number of imidazole rings is 1. The average Bonchev–Trinajstić information content (AvgIpc) is 3.34. The zero-order chi connectivity index (χ0) is 26.1. The first kappa shape index (κ1) is 27.0. The molecule has 1 aromatic carbocycles. The summed E-state index contributed by atoms with van der Waals surface area (Å²) in [6.07, 6.45) is 20.8. The summed E-state index contributed by atoms with van der Waals surface area (Å²) in [7, 11) is 0. The van der Waals surface area contributed by atoms with E-state index in [1.54, 1.807) is 18.2 Å². The number of hydrogen-bond acceptors (Lipinski definition) is 3. The topological polar surface area (TPSA) is 67.2 Å². The molecule has 0 bridgehead atoms. The van der Waals surface area contributed by atoms with Crippen molar-refractivity contribution in [3.63, 3.8) is 0 Å². The van der Waals surface area contributed by atoms with E-state index in [1.807, 2.05) is 43.7 Å². The number of rotatable bonds is 9. The van der Waals surface area contributed by atoms with Gasteiger partial charge in [-0.3, -0.25) is 4.79 Å². The molecule has 3 rings (SSSR count). The maximum absolute atomic E-state index is 12.2. The molecule has 5 nitrogen and oxygen atoms in total. The minimum Gasteiger partial charge on any atom is -0.508 e. The molecule has 0 spiro atoms. The molecule has 190 valence electrons. The Morgan fingerprint density at radius 3 is 2.64 bits per heavy atom. The van der Waals surface area contributed by atoms with Crippen molar-refractivity contribution in [2.24, 2.45) is 5.41 Å². The fourth-order valence-electron chi connectivity index (χ4n) is 4.67. The van der Waals surface area contributed by atoms with Crippen LogP contribution in [0.1, 0.15) is 59.1 Å². The van der Waals surface area contributed by atoms with E-state index >= 15 is 0 Å². The zero-order valence-corrected chi connectivity index (χ0v) is 22.2. The Hall–Kier alpha value is -3.60. The molecule has 2 N–H and O–H groups in total. The molecule has 1 atom stereocenters. The van der Waals surface area contributed by atoms with Crippen molar-refractivity contribution in [3.05, 3.63) is 107 Å². The maximum atomic E-state index is 12.2. The largest absolute Gasteiger partial charge is 0.508 e. The van der Waals surface area contributed by atoms with Crippen molar-refractivity contribution < 1.29 is 9.90 Å². The molecule has 1 unspecified atom stereocenters. The highest BCUT2D eigenvalue weighted by atomic mass is 16.3. The molecule has 0 saturated carbocycles. The van der Waals surface area contributed by atoms with Gasteiger partial charge >= 0.3 is 0 Å². The number of carbonyl (C=O) groups excluding carboxylic acids is 1. The van der Waals surface area contributed by atoms with E-state index in [-0.39, 0.29) is 17.1 Å². The van der Waals surface area contributed by atoms with Crippen LogP contribution in [0.5, 0.6) is 5.75 Å². The molecular weight excluding hydrogens is 446 g/mol. The van der Waals surface area contributed by atoms with Gasteiger partial charge in [-0.25, -0.2) is 4.98 Å². The second kappa shape index (κ2) is 12.4. The Morgan fingerprint density at radius 1 is 1.19 bits per heavy atom. The second-order valence-electron chi connectivity index (χ2n) is 10.2. The lowest BCUT2D eigenvalue weighted by molar-refractivity contribution is -0.116. The Kier molecular flexibility index (Phi) is 9.29. The van der Waals surface area contributed by atoms with Crippen molar-refractivity contribution in [3.8, 4) is 5.75 Å². The van der Waals surface area contributed by atoms with E-state index in [0.717, 1.165) is 36.0 Å². The quantitative estimate of drug-likeness (QED) is 0.309.